The van der Waals surface area contributed by atoms with E-state index in [0.29, 0.717) is 19.4 Å². The van der Waals surface area contributed by atoms with Crippen molar-refractivity contribution in [1.82, 2.24) is 10.2 Å². The van der Waals surface area contributed by atoms with E-state index in [1.165, 1.54) is 0 Å². The molecule has 0 spiro atoms. The van der Waals surface area contributed by atoms with Crippen molar-refractivity contribution in [1.29, 1.82) is 0 Å². The van der Waals surface area contributed by atoms with Crippen molar-refractivity contribution in [3.05, 3.63) is 70.8 Å². The third kappa shape index (κ3) is 4.94. The molecule has 4 heteroatoms. The molecule has 0 radical (unpaired) electrons. The summed E-state index contributed by atoms with van der Waals surface area (Å²) in [6.45, 7) is 6.41. The molecule has 2 aromatic carbocycles. The maximum absolute atomic E-state index is 13.1. The van der Waals surface area contributed by atoms with Gasteiger partial charge in [0.15, 0.2) is 0 Å². The number of nitrogens with one attached hydrogen (secondary N) is 1. The number of carbonyl (C=O) groups is 2. The molecule has 0 bridgehead atoms. The average Bonchev–Trinajstić information content (AvgIpc) is 2.62. The van der Waals surface area contributed by atoms with Gasteiger partial charge < -0.3 is 10.2 Å². The van der Waals surface area contributed by atoms with Crippen molar-refractivity contribution in [2.45, 2.75) is 46.2 Å². The first-order valence-corrected chi connectivity index (χ1v) is 9.07. The Labute approximate surface area is 156 Å². The van der Waals surface area contributed by atoms with E-state index < -0.39 is 6.04 Å². The monoisotopic (exact) mass is 352 g/mol. The van der Waals surface area contributed by atoms with E-state index >= 15 is 0 Å². The zero-order valence-corrected chi connectivity index (χ0v) is 16.1. The summed E-state index contributed by atoms with van der Waals surface area (Å²) in [6.07, 6.45) is 0.867. The van der Waals surface area contributed by atoms with Crippen LogP contribution >= 0.6 is 0 Å². The molecule has 0 saturated carbocycles. The van der Waals surface area contributed by atoms with Crippen LogP contribution < -0.4 is 5.32 Å². The number of aryl methyl sites for hydroxylation is 2. The highest BCUT2D eigenvalue weighted by molar-refractivity contribution is 5.88. The predicted octanol–water partition coefficient (Wildman–Crippen LogP) is 3.40. The second-order valence-electron chi connectivity index (χ2n) is 6.65. The zero-order valence-electron chi connectivity index (χ0n) is 16.1. The van der Waals surface area contributed by atoms with Crippen LogP contribution in [0.4, 0.5) is 0 Å². The highest BCUT2D eigenvalue weighted by atomic mass is 16.2. The maximum Gasteiger partial charge on any atom is 0.242 e. The van der Waals surface area contributed by atoms with Crippen LogP contribution in [-0.4, -0.2) is 29.8 Å². The molecule has 4 nitrogen and oxygen atoms in total. The number of nitrogens with zero attached hydrogens (tertiary/aromatic N) is 1. The summed E-state index contributed by atoms with van der Waals surface area (Å²) in [4.78, 5) is 27.2. The highest BCUT2D eigenvalue weighted by Gasteiger charge is 2.28. The molecule has 0 aliphatic rings. The normalized spacial score (nSPS) is 11.7. The van der Waals surface area contributed by atoms with Gasteiger partial charge in [-0.15, -0.1) is 0 Å². The molecule has 2 rings (SSSR count). The zero-order chi connectivity index (χ0) is 19.1. The summed E-state index contributed by atoms with van der Waals surface area (Å²) in [5, 5.41) is 2.69. The Kier molecular flexibility index (Phi) is 6.96. The predicted molar refractivity (Wildman–Crippen MR) is 105 cm³/mol. The van der Waals surface area contributed by atoms with E-state index in [1.54, 1.807) is 11.9 Å². The summed E-state index contributed by atoms with van der Waals surface area (Å²) in [6, 6.07) is 15.5. The molecule has 0 unspecified atom stereocenters. The summed E-state index contributed by atoms with van der Waals surface area (Å²) in [7, 11) is 1.61. The van der Waals surface area contributed by atoms with E-state index in [-0.39, 0.29) is 11.8 Å². The summed E-state index contributed by atoms with van der Waals surface area (Å²) in [5.74, 6) is -0.159. The van der Waals surface area contributed by atoms with Crippen molar-refractivity contribution in [2.24, 2.45) is 0 Å². The van der Waals surface area contributed by atoms with Gasteiger partial charge in [0, 0.05) is 13.6 Å². The van der Waals surface area contributed by atoms with Gasteiger partial charge in [-0.3, -0.25) is 9.59 Å². The van der Waals surface area contributed by atoms with Gasteiger partial charge in [0.1, 0.15) is 6.04 Å². The molecule has 26 heavy (non-hydrogen) atoms. The van der Waals surface area contributed by atoms with Crippen LogP contribution in [-0.2, 0) is 22.6 Å². The molecule has 0 aliphatic heterocycles. The van der Waals surface area contributed by atoms with Crippen LogP contribution in [0.3, 0.4) is 0 Å². The molecule has 1 N–H and O–H groups in total. The van der Waals surface area contributed by atoms with Gasteiger partial charge >= 0.3 is 0 Å². The number of carbonyl (C=O) groups excluding carboxylic acids is 2. The fraction of sp³-hybridized carbons (Fsp3) is 0.364. The summed E-state index contributed by atoms with van der Waals surface area (Å²) < 4.78 is 0. The average molecular weight is 352 g/mol. The second kappa shape index (κ2) is 9.18. The quantitative estimate of drug-likeness (QED) is 0.830. The van der Waals surface area contributed by atoms with E-state index in [4.69, 9.17) is 0 Å². The Bertz CT molecular complexity index is 770. The molecular formula is C22H28N2O2. The van der Waals surface area contributed by atoms with Gasteiger partial charge in [-0.1, -0.05) is 61.0 Å². The Morgan fingerprint density at radius 3 is 2.42 bits per heavy atom. The standard InChI is InChI=1S/C22H28N2O2/c1-5-20(22(26)23-4)24(15-19-12-7-6-10-17(19)3)21(25)14-18-11-8-9-16(2)13-18/h6-13,20H,5,14-15H2,1-4H3,(H,23,26)/t20-/m1/s1. The van der Waals surface area contributed by atoms with Gasteiger partial charge in [-0.25, -0.2) is 0 Å². The molecule has 138 valence electrons. The van der Waals surface area contributed by atoms with Gasteiger partial charge in [-0.2, -0.15) is 0 Å². The fourth-order valence-corrected chi connectivity index (χ4v) is 3.16. The number of likely N-dealkylation sites (N-methyl/N-ethyl adjacent to an activating group) is 1. The molecule has 0 aromatic heterocycles. The first kappa shape index (κ1) is 19.7. The molecule has 0 fully saturated rings. The Balaban J connectivity index is 2.30. The first-order valence-electron chi connectivity index (χ1n) is 9.07. The third-order valence-corrected chi connectivity index (χ3v) is 4.67. The van der Waals surface area contributed by atoms with E-state index in [0.717, 1.165) is 22.3 Å². The summed E-state index contributed by atoms with van der Waals surface area (Å²) >= 11 is 0. The number of hydrogen-bond acceptors (Lipinski definition) is 2. The lowest BCUT2D eigenvalue weighted by Gasteiger charge is -2.31. The lowest BCUT2D eigenvalue weighted by molar-refractivity contribution is -0.140. The van der Waals surface area contributed by atoms with Crippen molar-refractivity contribution in [3.63, 3.8) is 0 Å². The van der Waals surface area contributed by atoms with Crippen LogP contribution in [0.2, 0.25) is 0 Å². The number of amides is 2. The number of benzene rings is 2. The van der Waals surface area contributed by atoms with Gasteiger partial charge in [0.2, 0.25) is 11.8 Å². The Morgan fingerprint density at radius 2 is 1.81 bits per heavy atom. The lowest BCUT2D eigenvalue weighted by Crippen LogP contribution is -2.48. The molecule has 0 saturated heterocycles. The highest BCUT2D eigenvalue weighted by Crippen LogP contribution is 2.17. The van der Waals surface area contributed by atoms with Crippen LogP contribution in [0.25, 0.3) is 0 Å². The fourth-order valence-electron chi connectivity index (χ4n) is 3.16. The SMILES string of the molecule is CC[C@H](C(=O)NC)N(Cc1ccccc1C)C(=O)Cc1cccc(C)c1. The van der Waals surface area contributed by atoms with Gasteiger partial charge in [-0.05, 0) is 37.0 Å². The van der Waals surface area contributed by atoms with Crippen molar-refractivity contribution in [2.75, 3.05) is 7.05 Å². The first-order chi connectivity index (χ1) is 12.5. The van der Waals surface area contributed by atoms with Gasteiger partial charge in [0.05, 0.1) is 6.42 Å². The second-order valence-corrected chi connectivity index (χ2v) is 6.65. The number of rotatable bonds is 7. The van der Waals surface area contributed by atoms with Crippen LogP contribution in [0, 0.1) is 13.8 Å². The minimum Gasteiger partial charge on any atom is -0.357 e. The van der Waals surface area contributed by atoms with Crippen LogP contribution in [0.15, 0.2) is 48.5 Å². The van der Waals surface area contributed by atoms with Crippen molar-refractivity contribution >= 4 is 11.8 Å². The van der Waals surface area contributed by atoms with E-state index in [2.05, 4.69) is 5.32 Å². The molecular weight excluding hydrogens is 324 g/mol. The molecule has 0 heterocycles. The minimum absolute atomic E-state index is 0.0331. The molecule has 2 amide bonds. The van der Waals surface area contributed by atoms with Crippen molar-refractivity contribution < 1.29 is 9.59 Å². The van der Waals surface area contributed by atoms with Crippen molar-refractivity contribution in [3.8, 4) is 0 Å². The molecule has 1 atom stereocenters. The van der Waals surface area contributed by atoms with Gasteiger partial charge in [0.25, 0.3) is 0 Å². The molecule has 2 aromatic rings. The topological polar surface area (TPSA) is 49.4 Å². The smallest absolute Gasteiger partial charge is 0.242 e. The minimum atomic E-state index is -0.475. The maximum atomic E-state index is 13.1. The lowest BCUT2D eigenvalue weighted by atomic mass is 10.0. The Hall–Kier alpha value is -2.62. The largest absolute Gasteiger partial charge is 0.357 e. The van der Waals surface area contributed by atoms with Crippen LogP contribution in [0.1, 0.15) is 35.6 Å². The molecule has 0 aliphatic carbocycles. The number of hydrogen-bond donors (Lipinski definition) is 1. The van der Waals surface area contributed by atoms with E-state index in [1.807, 2.05) is 69.3 Å². The van der Waals surface area contributed by atoms with Crippen LogP contribution in [0.5, 0.6) is 0 Å². The van der Waals surface area contributed by atoms with E-state index in [9.17, 15) is 9.59 Å². The summed E-state index contributed by atoms with van der Waals surface area (Å²) in [5.41, 5.74) is 4.27. The Morgan fingerprint density at radius 1 is 1.08 bits per heavy atom. The third-order valence-electron chi connectivity index (χ3n) is 4.67.